The van der Waals surface area contributed by atoms with Crippen molar-refractivity contribution in [2.24, 2.45) is 4.99 Å². The molecule has 0 bridgehead atoms. The molecule has 4 aromatic rings. The van der Waals surface area contributed by atoms with Crippen molar-refractivity contribution in [3.8, 4) is 11.5 Å². The first-order chi connectivity index (χ1) is 16.0. The monoisotopic (exact) mass is 466 g/mol. The maximum atomic E-state index is 13.0. The predicted molar refractivity (Wildman–Crippen MR) is 120 cm³/mol. The van der Waals surface area contributed by atoms with Crippen LogP contribution in [0.4, 0.5) is 0 Å². The van der Waals surface area contributed by atoms with E-state index in [0.29, 0.717) is 27.3 Å². The molecule has 0 N–H and O–H groups in total. The van der Waals surface area contributed by atoms with Gasteiger partial charge in [-0.2, -0.15) is 4.99 Å². The molecule has 33 heavy (non-hydrogen) atoms. The van der Waals surface area contributed by atoms with Gasteiger partial charge in [0, 0.05) is 18.7 Å². The van der Waals surface area contributed by atoms with Crippen LogP contribution >= 0.6 is 11.3 Å². The van der Waals surface area contributed by atoms with Gasteiger partial charge in [-0.1, -0.05) is 23.5 Å². The van der Waals surface area contributed by atoms with Crippen LogP contribution in [0.3, 0.4) is 0 Å². The first-order valence-corrected chi connectivity index (χ1v) is 11.0. The molecule has 0 aliphatic carbocycles. The van der Waals surface area contributed by atoms with Crippen LogP contribution in [0.15, 0.2) is 56.9 Å². The van der Waals surface area contributed by atoms with E-state index in [-0.39, 0.29) is 37.9 Å². The van der Waals surface area contributed by atoms with Gasteiger partial charge in [0.1, 0.15) is 17.4 Å². The fraction of sp³-hybridized carbons (Fsp3) is 0.217. The Hall–Kier alpha value is -3.92. The minimum Gasteiger partial charge on any atom is -0.466 e. The number of benzene rings is 2. The van der Waals surface area contributed by atoms with E-state index in [9.17, 15) is 14.4 Å². The number of fused-ring (bicyclic) bond motifs is 3. The molecule has 0 spiro atoms. The number of para-hydroxylation sites is 1. The summed E-state index contributed by atoms with van der Waals surface area (Å²) in [5.74, 6) is 0.0658. The summed E-state index contributed by atoms with van der Waals surface area (Å²) >= 11 is 1.24. The molecule has 1 aliphatic heterocycles. The predicted octanol–water partition coefficient (Wildman–Crippen LogP) is 3.23. The number of rotatable bonds is 5. The minimum atomic E-state index is -0.731. The Morgan fingerprint density at radius 1 is 1.18 bits per heavy atom. The van der Waals surface area contributed by atoms with E-state index in [1.165, 1.54) is 11.3 Å². The summed E-state index contributed by atoms with van der Waals surface area (Å²) in [6.45, 7) is 2.38. The molecule has 0 saturated carbocycles. The zero-order valence-electron chi connectivity index (χ0n) is 17.5. The Morgan fingerprint density at radius 3 is 2.79 bits per heavy atom. The second-order valence-electron chi connectivity index (χ2n) is 7.16. The lowest BCUT2D eigenvalue weighted by Crippen LogP contribution is -2.21. The van der Waals surface area contributed by atoms with Crippen LogP contribution in [0.1, 0.15) is 23.7 Å². The summed E-state index contributed by atoms with van der Waals surface area (Å²) in [5.41, 5.74) is 0.494. The molecule has 1 amide bonds. The molecule has 9 nitrogen and oxygen atoms in total. The van der Waals surface area contributed by atoms with E-state index in [1.54, 1.807) is 47.9 Å². The summed E-state index contributed by atoms with van der Waals surface area (Å²) in [6, 6.07) is 10.3. The fourth-order valence-electron chi connectivity index (χ4n) is 3.57. The highest BCUT2D eigenvalue weighted by atomic mass is 32.1. The highest BCUT2D eigenvalue weighted by Crippen LogP contribution is 2.37. The van der Waals surface area contributed by atoms with Gasteiger partial charge in [0.2, 0.25) is 12.2 Å². The van der Waals surface area contributed by atoms with Crippen molar-refractivity contribution in [3.63, 3.8) is 0 Å². The van der Waals surface area contributed by atoms with E-state index in [2.05, 4.69) is 4.99 Å². The molecule has 2 aromatic heterocycles. The third-order valence-electron chi connectivity index (χ3n) is 5.13. The van der Waals surface area contributed by atoms with Crippen LogP contribution in [0, 0.1) is 0 Å². The number of ether oxygens (including phenoxy) is 3. The largest absolute Gasteiger partial charge is 0.466 e. The van der Waals surface area contributed by atoms with Gasteiger partial charge in [0.05, 0.1) is 28.6 Å². The highest BCUT2D eigenvalue weighted by molar-refractivity contribution is 7.16. The van der Waals surface area contributed by atoms with Crippen LogP contribution in [0.2, 0.25) is 0 Å². The van der Waals surface area contributed by atoms with Crippen LogP contribution < -0.4 is 19.7 Å². The van der Waals surface area contributed by atoms with Gasteiger partial charge in [-0.15, -0.1) is 0 Å². The molecule has 168 valence electrons. The van der Waals surface area contributed by atoms with Crippen LogP contribution in [0.25, 0.3) is 21.2 Å². The number of esters is 1. The summed E-state index contributed by atoms with van der Waals surface area (Å²) in [6.07, 6.45) is 1.22. The Morgan fingerprint density at radius 2 is 1.97 bits per heavy atom. The number of amides is 1. The van der Waals surface area contributed by atoms with E-state index in [1.807, 2.05) is 0 Å². The molecule has 0 atom stereocenters. The van der Waals surface area contributed by atoms with Crippen molar-refractivity contribution in [2.75, 3.05) is 13.4 Å². The van der Waals surface area contributed by atoms with Gasteiger partial charge >= 0.3 is 5.97 Å². The number of aromatic nitrogens is 1. The molecule has 3 heterocycles. The Labute approximate surface area is 190 Å². The number of aryl methyl sites for hydroxylation is 1. The topological polar surface area (TPSA) is 109 Å². The second-order valence-corrected chi connectivity index (χ2v) is 8.17. The first-order valence-electron chi connectivity index (χ1n) is 10.2. The summed E-state index contributed by atoms with van der Waals surface area (Å²) in [4.78, 5) is 42.3. The summed E-state index contributed by atoms with van der Waals surface area (Å²) in [7, 11) is 0. The van der Waals surface area contributed by atoms with Gasteiger partial charge in [0.25, 0.3) is 5.91 Å². The maximum Gasteiger partial charge on any atom is 0.307 e. The number of thiazole rings is 1. The number of hydrogen-bond donors (Lipinski definition) is 0. The summed E-state index contributed by atoms with van der Waals surface area (Å²) in [5, 5.41) is 0.302. The van der Waals surface area contributed by atoms with Crippen molar-refractivity contribution in [3.05, 3.63) is 63.2 Å². The lowest BCUT2D eigenvalue weighted by Gasteiger charge is -2.06. The molecule has 0 fully saturated rings. The quantitative estimate of drug-likeness (QED) is 0.415. The highest BCUT2D eigenvalue weighted by Gasteiger charge is 2.20. The van der Waals surface area contributed by atoms with Crippen molar-refractivity contribution in [2.45, 2.75) is 19.9 Å². The van der Waals surface area contributed by atoms with E-state index >= 15 is 0 Å². The SMILES string of the molecule is CCOC(=O)CCn1c(=NC(=O)c2coc3ccccc3c2=O)sc2cc3c(cc21)OCO3. The van der Waals surface area contributed by atoms with Crippen molar-refractivity contribution in [1.82, 2.24) is 4.57 Å². The Bertz CT molecular complexity index is 1530. The van der Waals surface area contributed by atoms with E-state index < -0.39 is 11.3 Å². The Balaban J connectivity index is 1.61. The standard InChI is InChI=1S/C23H18N2O7S/c1-2-29-20(26)7-8-25-15-9-17-18(32-12-31-17)10-19(15)33-23(25)24-22(28)14-11-30-16-6-4-3-5-13(16)21(14)27/h3-6,9-11H,2,7-8,12H2,1H3. The molecule has 5 rings (SSSR count). The van der Waals surface area contributed by atoms with Gasteiger partial charge in [-0.3, -0.25) is 14.4 Å². The van der Waals surface area contributed by atoms with Gasteiger partial charge in [-0.05, 0) is 19.1 Å². The number of hydrogen-bond acceptors (Lipinski definition) is 8. The molecule has 0 saturated heterocycles. The molecule has 1 aliphatic rings. The zero-order chi connectivity index (χ0) is 22.9. The van der Waals surface area contributed by atoms with Crippen molar-refractivity contribution < 1.29 is 28.2 Å². The maximum absolute atomic E-state index is 13.0. The second kappa shape index (κ2) is 8.55. The third-order valence-corrected chi connectivity index (χ3v) is 6.17. The summed E-state index contributed by atoms with van der Waals surface area (Å²) < 4.78 is 23.9. The molecular weight excluding hydrogens is 448 g/mol. The molecule has 10 heteroatoms. The molecule has 0 unspecified atom stereocenters. The molecule has 0 radical (unpaired) electrons. The average Bonchev–Trinajstić information content (AvgIpc) is 3.40. The average molecular weight is 466 g/mol. The lowest BCUT2D eigenvalue weighted by molar-refractivity contribution is -0.143. The van der Waals surface area contributed by atoms with Crippen molar-refractivity contribution in [1.29, 1.82) is 0 Å². The van der Waals surface area contributed by atoms with E-state index in [4.69, 9.17) is 18.6 Å². The smallest absolute Gasteiger partial charge is 0.307 e. The van der Waals surface area contributed by atoms with Crippen molar-refractivity contribution >= 4 is 44.4 Å². The lowest BCUT2D eigenvalue weighted by atomic mass is 10.2. The van der Waals surface area contributed by atoms with Crippen LogP contribution in [-0.4, -0.2) is 29.8 Å². The third kappa shape index (κ3) is 3.89. The Kier molecular flexibility index (Phi) is 5.43. The molecular formula is C23H18N2O7S. The van der Waals surface area contributed by atoms with E-state index in [0.717, 1.165) is 16.5 Å². The van der Waals surface area contributed by atoms with Crippen LogP contribution in [0.5, 0.6) is 11.5 Å². The van der Waals surface area contributed by atoms with Crippen LogP contribution in [-0.2, 0) is 16.1 Å². The van der Waals surface area contributed by atoms with Gasteiger partial charge in [-0.25, -0.2) is 0 Å². The zero-order valence-corrected chi connectivity index (χ0v) is 18.3. The first kappa shape index (κ1) is 21.0. The molecule has 2 aromatic carbocycles. The normalized spacial score (nSPS) is 13.1. The minimum absolute atomic E-state index is 0.0909. The van der Waals surface area contributed by atoms with Gasteiger partial charge < -0.3 is 23.2 Å². The number of carbonyl (C=O) groups is 2. The fourth-order valence-corrected chi connectivity index (χ4v) is 4.63. The number of carbonyl (C=O) groups excluding carboxylic acids is 2. The van der Waals surface area contributed by atoms with Gasteiger partial charge in [0.15, 0.2) is 16.3 Å². The number of nitrogens with zero attached hydrogens (tertiary/aromatic N) is 2.